The van der Waals surface area contributed by atoms with Gasteiger partial charge < -0.3 is 5.32 Å². The molecule has 0 unspecified atom stereocenters. The van der Waals surface area contributed by atoms with Crippen molar-refractivity contribution in [2.75, 3.05) is 6.54 Å². The molecule has 3 aromatic rings. The van der Waals surface area contributed by atoms with Crippen LogP contribution in [-0.4, -0.2) is 11.5 Å². The summed E-state index contributed by atoms with van der Waals surface area (Å²) < 4.78 is 0. The molecule has 0 aliphatic carbocycles. The molecule has 0 saturated carbocycles. The summed E-state index contributed by atoms with van der Waals surface area (Å²) in [5, 5.41) is 6.83. The molecule has 1 aromatic carbocycles. The third kappa shape index (κ3) is 3.19. The van der Waals surface area contributed by atoms with Crippen LogP contribution in [0.4, 0.5) is 0 Å². The number of benzene rings is 1. The standard InChI is InChI=1S/C16H16N2S/c1-3-14-11-13(5-6-16(14)18-8-1)12-17-9-7-15-4-2-10-19-15/h1-6,8,10-11,17H,7,9,12H2. The van der Waals surface area contributed by atoms with Crippen LogP contribution in [0.3, 0.4) is 0 Å². The first-order chi connectivity index (χ1) is 9.42. The zero-order valence-corrected chi connectivity index (χ0v) is 11.5. The number of hydrogen-bond acceptors (Lipinski definition) is 3. The lowest BCUT2D eigenvalue weighted by molar-refractivity contribution is 0.691. The molecular formula is C16H16N2S. The van der Waals surface area contributed by atoms with E-state index in [-0.39, 0.29) is 0 Å². The second-order valence-corrected chi connectivity index (χ2v) is 5.57. The molecule has 2 aromatic heterocycles. The number of aromatic nitrogens is 1. The first-order valence-electron chi connectivity index (χ1n) is 6.48. The van der Waals surface area contributed by atoms with E-state index in [0.29, 0.717) is 0 Å². The molecule has 0 bridgehead atoms. The zero-order chi connectivity index (χ0) is 12.9. The predicted molar refractivity (Wildman–Crippen MR) is 81.5 cm³/mol. The highest BCUT2D eigenvalue weighted by Crippen LogP contribution is 2.13. The van der Waals surface area contributed by atoms with Gasteiger partial charge in [-0.15, -0.1) is 11.3 Å². The molecule has 1 N–H and O–H groups in total. The lowest BCUT2D eigenvalue weighted by Gasteiger charge is -2.05. The second-order valence-electron chi connectivity index (χ2n) is 4.54. The topological polar surface area (TPSA) is 24.9 Å². The molecular weight excluding hydrogens is 252 g/mol. The van der Waals surface area contributed by atoms with Crippen molar-refractivity contribution >= 4 is 22.2 Å². The normalized spacial score (nSPS) is 10.9. The minimum atomic E-state index is 0.913. The van der Waals surface area contributed by atoms with Gasteiger partial charge in [0.05, 0.1) is 5.52 Å². The van der Waals surface area contributed by atoms with Gasteiger partial charge in [-0.1, -0.05) is 18.2 Å². The summed E-state index contributed by atoms with van der Waals surface area (Å²) >= 11 is 1.82. The zero-order valence-electron chi connectivity index (χ0n) is 10.7. The maximum absolute atomic E-state index is 4.33. The van der Waals surface area contributed by atoms with Crippen molar-refractivity contribution in [3.63, 3.8) is 0 Å². The fraction of sp³-hybridized carbons (Fsp3) is 0.188. The van der Waals surface area contributed by atoms with E-state index in [1.807, 2.05) is 23.6 Å². The van der Waals surface area contributed by atoms with Crippen LogP contribution in [0.1, 0.15) is 10.4 Å². The van der Waals surface area contributed by atoms with Crippen molar-refractivity contribution in [3.8, 4) is 0 Å². The molecule has 0 aliphatic heterocycles. The number of nitrogens with one attached hydrogen (secondary N) is 1. The van der Waals surface area contributed by atoms with E-state index < -0.39 is 0 Å². The average Bonchev–Trinajstić information content (AvgIpc) is 2.97. The fourth-order valence-electron chi connectivity index (χ4n) is 2.13. The smallest absolute Gasteiger partial charge is 0.0702 e. The highest BCUT2D eigenvalue weighted by molar-refractivity contribution is 7.09. The van der Waals surface area contributed by atoms with Crippen molar-refractivity contribution in [1.29, 1.82) is 0 Å². The highest BCUT2D eigenvalue weighted by atomic mass is 32.1. The number of thiophene rings is 1. The summed E-state index contributed by atoms with van der Waals surface area (Å²) in [5.74, 6) is 0. The Morgan fingerprint density at radius 2 is 2.11 bits per heavy atom. The molecule has 3 heteroatoms. The van der Waals surface area contributed by atoms with Crippen LogP contribution in [-0.2, 0) is 13.0 Å². The Balaban J connectivity index is 1.56. The van der Waals surface area contributed by atoms with Crippen LogP contribution >= 0.6 is 11.3 Å². The van der Waals surface area contributed by atoms with Gasteiger partial charge in [0.15, 0.2) is 0 Å². The molecule has 0 spiro atoms. The van der Waals surface area contributed by atoms with E-state index in [2.05, 4.69) is 52.1 Å². The van der Waals surface area contributed by atoms with E-state index in [1.54, 1.807) is 0 Å². The first-order valence-corrected chi connectivity index (χ1v) is 7.36. The van der Waals surface area contributed by atoms with Crippen molar-refractivity contribution in [2.45, 2.75) is 13.0 Å². The number of pyridine rings is 1. The average molecular weight is 268 g/mol. The van der Waals surface area contributed by atoms with Crippen LogP contribution in [0.15, 0.2) is 54.0 Å². The predicted octanol–water partition coefficient (Wildman–Crippen LogP) is 3.63. The highest BCUT2D eigenvalue weighted by Gasteiger charge is 1.97. The SMILES string of the molecule is c1csc(CCNCc2ccc3ncccc3c2)c1. The van der Waals surface area contributed by atoms with E-state index >= 15 is 0 Å². The number of hydrogen-bond donors (Lipinski definition) is 1. The fourth-order valence-corrected chi connectivity index (χ4v) is 2.84. The number of fused-ring (bicyclic) bond motifs is 1. The van der Waals surface area contributed by atoms with Gasteiger partial charge in [0, 0.05) is 29.5 Å². The Morgan fingerprint density at radius 1 is 1.11 bits per heavy atom. The van der Waals surface area contributed by atoms with Gasteiger partial charge in [-0.25, -0.2) is 0 Å². The molecule has 0 atom stereocenters. The van der Waals surface area contributed by atoms with Crippen LogP contribution in [0, 0.1) is 0 Å². The van der Waals surface area contributed by atoms with Crippen molar-refractivity contribution in [2.24, 2.45) is 0 Å². The minimum Gasteiger partial charge on any atom is -0.312 e. The van der Waals surface area contributed by atoms with Gasteiger partial charge in [-0.3, -0.25) is 4.98 Å². The lowest BCUT2D eigenvalue weighted by atomic mass is 10.1. The summed E-state index contributed by atoms with van der Waals surface area (Å²) in [5.41, 5.74) is 2.37. The second kappa shape index (κ2) is 5.95. The monoisotopic (exact) mass is 268 g/mol. The Morgan fingerprint density at radius 3 is 3.00 bits per heavy atom. The third-order valence-electron chi connectivity index (χ3n) is 3.12. The lowest BCUT2D eigenvalue weighted by Crippen LogP contribution is -2.16. The molecule has 2 nitrogen and oxygen atoms in total. The van der Waals surface area contributed by atoms with E-state index in [9.17, 15) is 0 Å². The maximum atomic E-state index is 4.33. The van der Waals surface area contributed by atoms with E-state index in [4.69, 9.17) is 0 Å². The van der Waals surface area contributed by atoms with Gasteiger partial charge in [0.1, 0.15) is 0 Å². The van der Waals surface area contributed by atoms with Crippen LogP contribution in [0.25, 0.3) is 10.9 Å². The molecule has 0 amide bonds. The summed E-state index contributed by atoms with van der Waals surface area (Å²) in [4.78, 5) is 5.77. The largest absolute Gasteiger partial charge is 0.312 e. The minimum absolute atomic E-state index is 0.913. The third-order valence-corrected chi connectivity index (χ3v) is 4.06. The van der Waals surface area contributed by atoms with Crippen molar-refractivity contribution in [1.82, 2.24) is 10.3 Å². The van der Waals surface area contributed by atoms with E-state index in [1.165, 1.54) is 15.8 Å². The van der Waals surface area contributed by atoms with Gasteiger partial charge >= 0.3 is 0 Å². The maximum Gasteiger partial charge on any atom is 0.0702 e. The molecule has 3 rings (SSSR count). The molecule has 96 valence electrons. The molecule has 0 fully saturated rings. The molecule has 0 radical (unpaired) electrons. The van der Waals surface area contributed by atoms with Crippen LogP contribution in [0.5, 0.6) is 0 Å². The van der Waals surface area contributed by atoms with Gasteiger partial charge in [0.2, 0.25) is 0 Å². The summed E-state index contributed by atoms with van der Waals surface area (Å²) in [7, 11) is 0. The Bertz CT molecular complexity index is 647. The first kappa shape index (κ1) is 12.3. The van der Waals surface area contributed by atoms with Crippen LogP contribution in [0.2, 0.25) is 0 Å². The Kier molecular flexibility index (Phi) is 3.86. The molecule has 0 saturated heterocycles. The number of rotatable bonds is 5. The Hall–Kier alpha value is -1.71. The van der Waals surface area contributed by atoms with Gasteiger partial charge in [-0.2, -0.15) is 0 Å². The van der Waals surface area contributed by atoms with Crippen molar-refractivity contribution < 1.29 is 0 Å². The summed E-state index contributed by atoms with van der Waals surface area (Å²) in [6.07, 6.45) is 2.94. The summed E-state index contributed by atoms with van der Waals surface area (Å²) in [6.45, 7) is 1.93. The molecule has 0 aliphatic rings. The quantitative estimate of drug-likeness (QED) is 0.715. The molecule has 19 heavy (non-hydrogen) atoms. The van der Waals surface area contributed by atoms with E-state index in [0.717, 1.165) is 25.0 Å². The van der Waals surface area contributed by atoms with Crippen molar-refractivity contribution in [3.05, 3.63) is 64.5 Å². The molecule has 2 heterocycles. The number of nitrogens with zero attached hydrogens (tertiary/aromatic N) is 1. The van der Waals surface area contributed by atoms with Gasteiger partial charge in [0.25, 0.3) is 0 Å². The summed E-state index contributed by atoms with van der Waals surface area (Å²) in [6, 6.07) is 14.8. The van der Waals surface area contributed by atoms with Crippen LogP contribution < -0.4 is 5.32 Å². The van der Waals surface area contributed by atoms with Gasteiger partial charge in [-0.05, 0) is 41.6 Å². The Labute approximate surface area is 117 Å².